The number of allylic oxidation sites excluding steroid dienone is 2. The molecule has 5 heteroatoms. The lowest BCUT2D eigenvalue weighted by molar-refractivity contribution is -0.134. The summed E-state index contributed by atoms with van der Waals surface area (Å²) in [7, 11) is 1.56. The van der Waals surface area contributed by atoms with E-state index in [0.717, 1.165) is 29.1 Å². The van der Waals surface area contributed by atoms with E-state index in [1.165, 1.54) is 5.56 Å². The molecule has 1 aromatic rings. The van der Waals surface area contributed by atoms with Crippen molar-refractivity contribution in [1.82, 2.24) is 0 Å². The van der Waals surface area contributed by atoms with Crippen LogP contribution in [-0.4, -0.2) is 23.9 Å². The van der Waals surface area contributed by atoms with Crippen molar-refractivity contribution in [3.8, 4) is 0 Å². The SMILES string of the molecule is CC(=O)O.CON=C1C=CCc2ccc(Br)cc21. The highest BCUT2D eigenvalue weighted by atomic mass is 79.9. The van der Waals surface area contributed by atoms with Gasteiger partial charge in [-0.3, -0.25) is 4.79 Å². The molecule has 0 bridgehead atoms. The summed E-state index contributed by atoms with van der Waals surface area (Å²) in [6, 6.07) is 6.22. The summed E-state index contributed by atoms with van der Waals surface area (Å²) in [6.07, 6.45) is 5.04. The summed E-state index contributed by atoms with van der Waals surface area (Å²) in [6.45, 7) is 1.08. The van der Waals surface area contributed by atoms with Gasteiger partial charge in [-0.25, -0.2) is 0 Å². The third kappa shape index (κ3) is 4.33. The number of carboxylic acids is 1. The van der Waals surface area contributed by atoms with Gasteiger partial charge in [-0.05, 0) is 30.2 Å². The minimum Gasteiger partial charge on any atom is -0.481 e. The number of oxime groups is 1. The molecule has 0 aromatic heterocycles. The Kier molecular flexibility index (Phi) is 5.58. The van der Waals surface area contributed by atoms with Gasteiger partial charge in [0.05, 0.1) is 0 Å². The lowest BCUT2D eigenvalue weighted by Gasteiger charge is -2.12. The molecule has 96 valence electrons. The summed E-state index contributed by atoms with van der Waals surface area (Å²) in [5, 5.41) is 11.4. The fraction of sp³-hybridized carbons (Fsp3) is 0.231. The number of hydrogen-bond donors (Lipinski definition) is 1. The molecule has 2 rings (SSSR count). The quantitative estimate of drug-likeness (QED) is 0.811. The van der Waals surface area contributed by atoms with Gasteiger partial charge < -0.3 is 9.94 Å². The Balaban J connectivity index is 0.000000357. The van der Waals surface area contributed by atoms with Gasteiger partial charge >= 0.3 is 0 Å². The molecule has 0 aliphatic heterocycles. The van der Waals surface area contributed by atoms with E-state index in [9.17, 15) is 0 Å². The molecule has 18 heavy (non-hydrogen) atoms. The van der Waals surface area contributed by atoms with E-state index in [4.69, 9.17) is 14.7 Å². The minimum atomic E-state index is -0.833. The number of benzene rings is 1. The van der Waals surface area contributed by atoms with Crippen LogP contribution in [-0.2, 0) is 16.1 Å². The third-order valence-corrected chi connectivity index (χ3v) is 2.64. The molecule has 0 saturated carbocycles. The summed E-state index contributed by atoms with van der Waals surface area (Å²) >= 11 is 3.45. The molecule has 0 radical (unpaired) electrons. The maximum atomic E-state index is 9.00. The normalized spacial score (nSPS) is 14.5. The molecule has 1 aliphatic rings. The van der Waals surface area contributed by atoms with Gasteiger partial charge in [-0.15, -0.1) is 0 Å². The molecule has 1 N–H and O–H groups in total. The molecule has 0 atom stereocenters. The van der Waals surface area contributed by atoms with E-state index in [1.807, 2.05) is 12.1 Å². The highest BCUT2D eigenvalue weighted by Gasteiger charge is 2.11. The predicted octanol–water partition coefficient (Wildman–Crippen LogP) is 3.00. The highest BCUT2D eigenvalue weighted by molar-refractivity contribution is 9.10. The largest absolute Gasteiger partial charge is 0.481 e. The molecule has 0 unspecified atom stereocenters. The van der Waals surface area contributed by atoms with Crippen LogP contribution in [0.25, 0.3) is 0 Å². The van der Waals surface area contributed by atoms with Crippen LogP contribution >= 0.6 is 15.9 Å². The zero-order chi connectivity index (χ0) is 13.5. The van der Waals surface area contributed by atoms with E-state index in [1.54, 1.807) is 7.11 Å². The molecular weight excluding hydrogens is 298 g/mol. The van der Waals surface area contributed by atoms with Crippen LogP contribution < -0.4 is 0 Å². The van der Waals surface area contributed by atoms with Gasteiger partial charge in [0.2, 0.25) is 0 Å². The Morgan fingerprint density at radius 1 is 1.50 bits per heavy atom. The molecule has 0 saturated heterocycles. The summed E-state index contributed by atoms with van der Waals surface area (Å²) < 4.78 is 1.07. The lowest BCUT2D eigenvalue weighted by atomic mass is 9.96. The Morgan fingerprint density at radius 3 is 2.78 bits per heavy atom. The molecule has 0 heterocycles. The van der Waals surface area contributed by atoms with Crippen LogP contribution in [0.15, 0.2) is 40.0 Å². The predicted molar refractivity (Wildman–Crippen MR) is 73.8 cm³/mol. The molecule has 1 aromatic carbocycles. The van der Waals surface area contributed by atoms with Gasteiger partial charge in [-0.1, -0.05) is 33.2 Å². The third-order valence-electron chi connectivity index (χ3n) is 2.15. The molecule has 0 amide bonds. The minimum absolute atomic E-state index is 0.833. The van der Waals surface area contributed by atoms with Gasteiger partial charge in [0.15, 0.2) is 0 Å². The van der Waals surface area contributed by atoms with Gasteiger partial charge in [0.1, 0.15) is 12.8 Å². The van der Waals surface area contributed by atoms with Crippen LogP contribution in [0.5, 0.6) is 0 Å². The Labute approximate surface area is 114 Å². The Bertz CT molecular complexity index is 491. The van der Waals surface area contributed by atoms with Crippen molar-refractivity contribution in [1.29, 1.82) is 0 Å². The summed E-state index contributed by atoms with van der Waals surface area (Å²) in [4.78, 5) is 13.8. The zero-order valence-electron chi connectivity index (χ0n) is 10.2. The van der Waals surface area contributed by atoms with Crippen LogP contribution in [0.1, 0.15) is 18.1 Å². The highest BCUT2D eigenvalue weighted by Crippen LogP contribution is 2.21. The number of halogens is 1. The first-order chi connectivity index (χ1) is 8.54. The number of rotatable bonds is 1. The Hall–Kier alpha value is -1.62. The van der Waals surface area contributed by atoms with Crippen LogP contribution in [0, 0.1) is 0 Å². The summed E-state index contributed by atoms with van der Waals surface area (Å²) in [5.74, 6) is -0.833. The molecule has 0 fully saturated rings. The first-order valence-electron chi connectivity index (χ1n) is 5.30. The first kappa shape index (κ1) is 14.4. The second-order valence-electron chi connectivity index (χ2n) is 3.59. The van der Waals surface area contributed by atoms with E-state index in [2.05, 4.69) is 39.3 Å². The van der Waals surface area contributed by atoms with Crippen molar-refractivity contribution in [3.63, 3.8) is 0 Å². The van der Waals surface area contributed by atoms with Crippen molar-refractivity contribution in [3.05, 3.63) is 46.0 Å². The average molecular weight is 312 g/mol. The van der Waals surface area contributed by atoms with E-state index in [-0.39, 0.29) is 0 Å². The average Bonchev–Trinajstić information content (AvgIpc) is 2.29. The van der Waals surface area contributed by atoms with Crippen molar-refractivity contribution in [2.24, 2.45) is 5.16 Å². The standard InChI is InChI=1S/C11H10BrNO.C2H4O2/c1-14-13-11-4-2-3-8-5-6-9(12)7-10(8)11;1-2(3)4/h2,4-7H,3H2,1H3;1H3,(H,3,4). The molecule has 1 aliphatic carbocycles. The smallest absolute Gasteiger partial charge is 0.300 e. The first-order valence-corrected chi connectivity index (χ1v) is 6.10. The monoisotopic (exact) mass is 311 g/mol. The second-order valence-corrected chi connectivity index (χ2v) is 4.50. The fourth-order valence-corrected chi connectivity index (χ4v) is 1.89. The van der Waals surface area contributed by atoms with Crippen LogP contribution in [0.3, 0.4) is 0 Å². The second kappa shape index (κ2) is 6.96. The topological polar surface area (TPSA) is 58.9 Å². The number of aliphatic carboxylic acids is 1. The number of nitrogens with zero attached hydrogens (tertiary/aromatic N) is 1. The number of fused-ring (bicyclic) bond motifs is 1. The van der Waals surface area contributed by atoms with Crippen molar-refractivity contribution in [2.45, 2.75) is 13.3 Å². The van der Waals surface area contributed by atoms with Crippen LogP contribution in [0.4, 0.5) is 0 Å². The lowest BCUT2D eigenvalue weighted by Crippen LogP contribution is -2.07. The fourth-order valence-electron chi connectivity index (χ4n) is 1.53. The summed E-state index contributed by atoms with van der Waals surface area (Å²) in [5.41, 5.74) is 3.31. The van der Waals surface area contributed by atoms with Gasteiger partial charge in [-0.2, -0.15) is 0 Å². The number of hydrogen-bond acceptors (Lipinski definition) is 3. The molecule has 0 spiro atoms. The van der Waals surface area contributed by atoms with Gasteiger partial charge in [0.25, 0.3) is 5.97 Å². The van der Waals surface area contributed by atoms with Gasteiger partial charge in [0, 0.05) is 17.0 Å². The van der Waals surface area contributed by atoms with Crippen molar-refractivity contribution < 1.29 is 14.7 Å². The molecule has 4 nitrogen and oxygen atoms in total. The van der Waals surface area contributed by atoms with Crippen molar-refractivity contribution in [2.75, 3.05) is 7.11 Å². The zero-order valence-corrected chi connectivity index (χ0v) is 11.8. The van der Waals surface area contributed by atoms with E-state index >= 15 is 0 Å². The maximum Gasteiger partial charge on any atom is 0.300 e. The van der Waals surface area contributed by atoms with E-state index < -0.39 is 5.97 Å². The number of carbonyl (C=O) groups is 1. The Morgan fingerprint density at radius 2 is 2.17 bits per heavy atom. The molecular formula is C13H14BrNO3. The van der Waals surface area contributed by atoms with Crippen LogP contribution in [0.2, 0.25) is 0 Å². The number of carboxylic acid groups (broad SMARTS) is 1. The van der Waals surface area contributed by atoms with E-state index in [0.29, 0.717) is 0 Å². The maximum absolute atomic E-state index is 9.00. The van der Waals surface area contributed by atoms with Crippen molar-refractivity contribution >= 4 is 27.6 Å².